The third kappa shape index (κ3) is 8.28. The molecule has 5 heteroatoms. The van der Waals surface area contributed by atoms with Crippen molar-refractivity contribution >= 4 is 27.3 Å². The Morgan fingerprint density at radius 2 is 1.07 bits per heavy atom. The van der Waals surface area contributed by atoms with Crippen LogP contribution in [0.25, 0.3) is 44.1 Å². The van der Waals surface area contributed by atoms with Gasteiger partial charge in [0.05, 0.1) is 5.76 Å². The molecule has 4 nitrogen and oxygen atoms in total. The fourth-order valence-corrected chi connectivity index (χ4v) is 4.04. The molecule has 1 N–H and O–H groups in total. The second-order valence-corrected chi connectivity index (χ2v) is 8.71. The number of fused-ring (bicyclic) bond motifs is 2. The van der Waals surface area contributed by atoms with Crippen LogP contribution >= 0.6 is 0 Å². The number of ketones is 1. The predicted octanol–water partition coefficient (Wildman–Crippen LogP) is 8.44. The minimum atomic E-state index is -0.125. The molecule has 201 valence electrons. The van der Waals surface area contributed by atoms with Crippen LogP contribution in [0.4, 0.5) is 0 Å². The third-order valence-corrected chi connectivity index (χ3v) is 5.69. The van der Waals surface area contributed by atoms with Gasteiger partial charge in [-0.2, -0.15) is 0 Å². The predicted molar refractivity (Wildman–Crippen MR) is 159 cm³/mol. The van der Waals surface area contributed by atoms with Gasteiger partial charge >= 0.3 is 0 Å². The monoisotopic (exact) mass is 701 g/mol. The van der Waals surface area contributed by atoms with E-state index in [-0.39, 0.29) is 31.6 Å². The van der Waals surface area contributed by atoms with Gasteiger partial charge < -0.3 is 15.1 Å². The van der Waals surface area contributed by atoms with Gasteiger partial charge in [0.25, 0.3) is 0 Å². The molecule has 0 aliphatic rings. The summed E-state index contributed by atoms with van der Waals surface area (Å²) in [6, 6.07) is 42.9. The number of allylic oxidation sites excluding steroid dienone is 2. The molecule has 0 bridgehead atoms. The van der Waals surface area contributed by atoms with Crippen LogP contribution in [0.2, 0.25) is 0 Å². The molecule has 6 rings (SSSR count). The summed E-state index contributed by atoms with van der Waals surface area (Å²) in [5, 5.41) is 13.1. The molecule has 0 unspecified atom stereocenters. The Bertz CT molecular complexity index is 1570. The molecule has 4 aromatic carbocycles. The Kier molecular flexibility index (Phi) is 11.5. The van der Waals surface area contributed by atoms with E-state index >= 15 is 0 Å². The normalized spacial score (nSPS) is 10.4. The van der Waals surface area contributed by atoms with Crippen LogP contribution in [0.1, 0.15) is 13.8 Å². The summed E-state index contributed by atoms with van der Waals surface area (Å²) in [6.45, 7) is 2.85. The van der Waals surface area contributed by atoms with Crippen molar-refractivity contribution in [2.75, 3.05) is 0 Å². The SMILES string of the molecule is CC(=O)C=C(C)O.[Ir].[c-]1ccccc1-c1nccc2ccccc12.[c-]1ccccc1-c1nccc2ccccc12. The van der Waals surface area contributed by atoms with Crippen molar-refractivity contribution in [2.24, 2.45) is 0 Å². The van der Waals surface area contributed by atoms with E-state index in [2.05, 4.69) is 46.4 Å². The summed E-state index contributed by atoms with van der Waals surface area (Å²) >= 11 is 0. The van der Waals surface area contributed by atoms with E-state index in [1.807, 2.05) is 97.3 Å². The van der Waals surface area contributed by atoms with Crippen molar-refractivity contribution in [1.29, 1.82) is 0 Å². The Balaban J connectivity index is 0.000000177. The Morgan fingerprint density at radius 3 is 1.43 bits per heavy atom. The number of nitrogens with zero attached hydrogens (tertiary/aromatic N) is 2. The van der Waals surface area contributed by atoms with Gasteiger partial charge in [0, 0.05) is 38.6 Å². The molecular formula is C35H28IrN2O2-2. The minimum Gasteiger partial charge on any atom is -0.512 e. The topological polar surface area (TPSA) is 63.1 Å². The van der Waals surface area contributed by atoms with E-state index < -0.39 is 0 Å². The zero-order valence-corrected chi connectivity index (χ0v) is 24.6. The summed E-state index contributed by atoms with van der Waals surface area (Å²) in [5.41, 5.74) is 4.08. The van der Waals surface area contributed by atoms with Gasteiger partial charge in [0.1, 0.15) is 0 Å². The van der Waals surface area contributed by atoms with Gasteiger partial charge in [-0.1, -0.05) is 48.5 Å². The van der Waals surface area contributed by atoms with Crippen molar-refractivity contribution in [1.82, 2.24) is 9.97 Å². The van der Waals surface area contributed by atoms with Gasteiger partial charge in [0.2, 0.25) is 0 Å². The fourth-order valence-electron chi connectivity index (χ4n) is 4.04. The molecule has 6 aromatic rings. The van der Waals surface area contributed by atoms with Crippen molar-refractivity contribution < 1.29 is 30.0 Å². The van der Waals surface area contributed by atoms with E-state index in [4.69, 9.17) is 5.11 Å². The van der Waals surface area contributed by atoms with Crippen LogP contribution in [0.15, 0.2) is 133 Å². The number of benzene rings is 4. The number of hydrogen-bond acceptors (Lipinski definition) is 4. The van der Waals surface area contributed by atoms with Crippen molar-refractivity contribution in [3.63, 3.8) is 0 Å². The number of aliphatic hydroxyl groups is 1. The van der Waals surface area contributed by atoms with Crippen LogP contribution in [-0.4, -0.2) is 20.9 Å². The first-order chi connectivity index (χ1) is 19.0. The molecule has 0 spiro atoms. The summed E-state index contributed by atoms with van der Waals surface area (Å²) in [4.78, 5) is 18.9. The van der Waals surface area contributed by atoms with E-state index in [0.717, 1.165) is 22.5 Å². The zero-order chi connectivity index (χ0) is 27.5. The zero-order valence-electron chi connectivity index (χ0n) is 22.2. The van der Waals surface area contributed by atoms with Crippen LogP contribution in [0.3, 0.4) is 0 Å². The molecule has 0 aliphatic heterocycles. The maximum absolute atomic E-state index is 10.0. The number of aromatic nitrogens is 2. The van der Waals surface area contributed by atoms with E-state index in [0.29, 0.717) is 0 Å². The summed E-state index contributed by atoms with van der Waals surface area (Å²) in [5.74, 6) is -0.0625. The van der Waals surface area contributed by atoms with Gasteiger partial charge in [-0.15, -0.1) is 71.8 Å². The van der Waals surface area contributed by atoms with Crippen LogP contribution < -0.4 is 0 Å². The standard InChI is InChI=1S/2C15H10N.C5H8O2.Ir/c2*1-2-7-13(8-3-1)15-14-9-5-4-6-12(14)10-11-16-15;1-4(6)3-5(2)7;/h2*1-7,9-11H;3,6H,1-2H3;/q2*-1;;. The van der Waals surface area contributed by atoms with E-state index in [1.165, 1.54) is 41.5 Å². The smallest absolute Gasteiger partial charge is 0.155 e. The third-order valence-electron chi connectivity index (χ3n) is 5.69. The first kappa shape index (κ1) is 30.1. The van der Waals surface area contributed by atoms with Gasteiger partial charge in [-0.05, 0) is 58.9 Å². The number of carbonyl (C=O) groups is 1. The van der Waals surface area contributed by atoms with Gasteiger partial charge in [-0.3, -0.25) is 4.79 Å². The van der Waals surface area contributed by atoms with Crippen molar-refractivity contribution in [2.45, 2.75) is 13.8 Å². The van der Waals surface area contributed by atoms with Crippen LogP contribution in [0.5, 0.6) is 0 Å². The van der Waals surface area contributed by atoms with E-state index in [1.54, 1.807) is 0 Å². The molecule has 0 fully saturated rings. The van der Waals surface area contributed by atoms with Crippen molar-refractivity contribution in [3.8, 4) is 22.5 Å². The molecule has 0 atom stereocenters. The van der Waals surface area contributed by atoms with Crippen molar-refractivity contribution in [3.05, 3.63) is 146 Å². The molecule has 1 radical (unpaired) electrons. The van der Waals surface area contributed by atoms with Gasteiger partial charge in [0.15, 0.2) is 5.78 Å². The fraction of sp³-hybridized carbons (Fsp3) is 0.0571. The largest absolute Gasteiger partial charge is 0.512 e. The molecular weight excluding hydrogens is 673 g/mol. The summed E-state index contributed by atoms with van der Waals surface area (Å²) in [6.07, 6.45) is 4.86. The Morgan fingerprint density at radius 1 is 0.650 bits per heavy atom. The second kappa shape index (κ2) is 15.2. The average molecular weight is 701 g/mol. The first-order valence-electron chi connectivity index (χ1n) is 12.5. The molecule has 0 saturated carbocycles. The van der Waals surface area contributed by atoms with Crippen LogP contribution in [-0.2, 0) is 24.9 Å². The maximum atomic E-state index is 10.0. The molecule has 40 heavy (non-hydrogen) atoms. The number of aliphatic hydroxyl groups excluding tert-OH is 1. The summed E-state index contributed by atoms with van der Waals surface area (Å²) < 4.78 is 0. The molecule has 0 amide bonds. The molecule has 2 aromatic heterocycles. The average Bonchev–Trinajstić information content (AvgIpc) is 2.97. The molecule has 0 saturated heterocycles. The maximum Gasteiger partial charge on any atom is 0.155 e. The number of pyridine rings is 2. The van der Waals surface area contributed by atoms with Gasteiger partial charge in [-0.25, -0.2) is 0 Å². The number of carbonyl (C=O) groups excluding carboxylic acids is 1. The first-order valence-corrected chi connectivity index (χ1v) is 12.5. The minimum absolute atomic E-state index is 0. The Hall–Kier alpha value is -4.44. The number of hydrogen-bond donors (Lipinski definition) is 1. The molecule has 0 aliphatic carbocycles. The quantitative estimate of drug-likeness (QED) is 0.114. The number of rotatable bonds is 3. The van der Waals surface area contributed by atoms with Crippen LogP contribution in [0, 0.1) is 12.1 Å². The van der Waals surface area contributed by atoms with E-state index in [9.17, 15) is 4.79 Å². The second-order valence-electron chi connectivity index (χ2n) is 8.71. The molecule has 2 heterocycles. The summed E-state index contributed by atoms with van der Waals surface area (Å²) in [7, 11) is 0. The Labute approximate surface area is 248 Å².